The van der Waals surface area contributed by atoms with Crippen LogP contribution in [0.3, 0.4) is 0 Å². The zero-order valence-corrected chi connectivity index (χ0v) is 12.7. The van der Waals surface area contributed by atoms with Gasteiger partial charge in [-0.15, -0.1) is 5.10 Å². The topological polar surface area (TPSA) is 80.1 Å². The summed E-state index contributed by atoms with van der Waals surface area (Å²) >= 11 is 0. The number of fused-ring (bicyclic) bond motifs is 1. The molecule has 2 amide bonds. The molecule has 0 bridgehead atoms. The molecular weight excluding hydrogens is 282 g/mol. The van der Waals surface area contributed by atoms with E-state index < -0.39 is 0 Å². The fraction of sp³-hybridized carbons (Fsp3) is 0.467. The van der Waals surface area contributed by atoms with Crippen molar-refractivity contribution in [1.29, 1.82) is 0 Å². The van der Waals surface area contributed by atoms with Crippen LogP contribution < -0.4 is 5.32 Å². The Morgan fingerprint density at radius 1 is 1.41 bits per heavy atom. The van der Waals surface area contributed by atoms with Crippen LogP contribution in [-0.4, -0.2) is 44.3 Å². The molecular formula is C15H19N5O2. The molecule has 116 valence electrons. The highest BCUT2D eigenvalue weighted by atomic mass is 16.2. The number of hydrogen-bond acceptors (Lipinski definition) is 4. The Kier molecular flexibility index (Phi) is 3.79. The molecule has 1 N–H and O–H groups in total. The summed E-state index contributed by atoms with van der Waals surface area (Å²) < 4.78 is 1.71. The summed E-state index contributed by atoms with van der Waals surface area (Å²) in [5.74, 6) is -0.134. The molecule has 1 fully saturated rings. The Morgan fingerprint density at radius 2 is 2.23 bits per heavy atom. The average molecular weight is 301 g/mol. The summed E-state index contributed by atoms with van der Waals surface area (Å²) in [5.41, 5.74) is 2.72. The molecule has 0 saturated carbocycles. The van der Waals surface area contributed by atoms with Gasteiger partial charge in [-0.3, -0.25) is 9.59 Å². The van der Waals surface area contributed by atoms with E-state index in [0.29, 0.717) is 13.1 Å². The third-order valence-electron chi connectivity index (χ3n) is 4.10. The van der Waals surface area contributed by atoms with Crippen molar-refractivity contribution < 1.29 is 9.59 Å². The number of carbonyl (C=O) groups excluding carboxylic acids is 2. The van der Waals surface area contributed by atoms with E-state index in [2.05, 4.69) is 15.6 Å². The Balaban J connectivity index is 1.65. The molecule has 1 aliphatic rings. The van der Waals surface area contributed by atoms with Crippen LogP contribution in [0.1, 0.15) is 25.3 Å². The summed E-state index contributed by atoms with van der Waals surface area (Å²) in [4.78, 5) is 25.4. The summed E-state index contributed by atoms with van der Waals surface area (Å²) in [6, 6.07) is 5.47. The molecule has 3 rings (SSSR count). The van der Waals surface area contributed by atoms with Gasteiger partial charge < -0.3 is 10.2 Å². The fourth-order valence-electron chi connectivity index (χ4n) is 2.92. The van der Waals surface area contributed by atoms with Gasteiger partial charge in [0.1, 0.15) is 11.6 Å². The quantitative estimate of drug-likeness (QED) is 0.900. The van der Waals surface area contributed by atoms with Gasteiger partial charge in [-0.1, -0.05) is 11.3 Å². The van der Waals surface area contributed by atoms with Crippen molar-refractivity contribution in [3.8, 4) is 0 Å². The number of hydrogen-bond donors (Lipinski definition) is 1. The minimum Gasteiger partial charge on any atom is -0.350 e. The highest BCUT2D eigenvalue weighted by Gasteiger charge is 2.31. The molecule has 1 aromatic heterocycles. The maximum Gasteiger partial charge on any atom is 0.243 e. The van der Waals surface area contributed by atoms with Gasteiger partial charge in [-0.05, 0) is 30.5 Å². The van der Waals surface area contributed by atoms with Crippen molar-refractivity contribution in [3.63, 3.8) is 0 Å². The number of rotatable bonds is 3. The zero-order valence-electron chi connectivity index (χ0n) is 12.7. The Morgan fingerprint density at radius 3 is 3.00 bits per heavy atom. The van der Waals surface area contributed by atoms with E-state index in [0.717, 1.165) is 29.4 Å². The number of amides is 2. The van der Waals surface area contributed by atoms with E-state index >= 15 is 0 Å². The van der Waals surface area contributed by atoms with Gasteiger partial charge in [-0.2, -0.15) is 0 Å². The number of benzene rings is 1. The van der Waals surface area contributed by atoms with Crippen LogP contribution in [-0.2, 0) is 23.2 Å². The minimum absolute atomic E-state index is 0.0429. The molecule has 1 atom stereocenters. The largest absolute Gasteiger partial charge is 0.350 e. The van der Waals surface area contributed by atoms with Gasteiger partial charge in [0.25, 0.3) is 0 Å². The standard InChI is InChI=1S/C15H19N5O2/c1-10(21)20-7-3-4-14(20)15(22)16-9-11-5-6-13-12(8-11)17-18-19(13)2/h5-6,8,14H,3-4,7,9H2,1-2H3,(H,16,22)/t14-/m0/s1. The number of likely N-dealkylation sites (tertiary alicyclic amines) is 1. The maximum absolute atomic E-state index is 12.3. The SMILES string of the molecule is CC(=O)N1CCC[C@H]1C(=O)NCc1ccc2c(c1)nnn2C. The van der Waals surface area contributed by atoms with Crippen molar-refractivity contribution in [1.82, 2.24) is 25.2 Å². The van der Waals surface area contributed by atoms with Gasteiger partial charge in [0.05, 0.1) is 5.52 Å². The van der Waals surface area contributed by atoms with Gasteiger partial charge >= 0.3 is 0 Å². The molecule has 2 aromatic rings. The first-order valence-electron chi connectivity index (χ1n) is 7.39. The van der Waals surface area contributed by atoms with Crippen molar-refractivity contribution in [2.75, 3.05) is 6.54 Å². The van der Waals surface area contributed by atoms with E-state index in [4.69, 9.17) is 0 Å². The normalized spacial score (nSPS) is 17.9. The van der Waals surface area contributed by atoms with Crippen LogP contribution >= 0.6 is 0 Å². The minimum atomic E-state index is -0.335. The lowest BCUT2D eigenvalue weighted by Gasteiger charge is -2.22. The molecule has 0 radical (unpaired) electrons. The molecule has 1 saturated heterocycles. The molecule has 2 heterocycles. The lowest BCUT2D eigenvalue weighted by Crippen LogP contribution is -2.44. The van der Waals surface area contributed by atoms with Crippen LogP contribution in [0.25, 0.3) is 11.0 Å². The molecule has 0 aliphatic carbocycles. The molecule has 0 unspecified atom stereocenters. The predicted octanol–water partition coefficient (Wildman–Crippen LogP) is 0.595. The fourth-order valence-corrected chi connectivity index (χ4v) is 2.92. The number of carbonyl (C=O) groups is 2. The Bertz CT molecular complexity index is 724. The van der Waals surface area contributed by atoms with Crippen molar-refractivity contribution in [3.05, 3.63) is 23.8 Å². The highest BCUT2D eigenvalue weighted by molar-refractivity contribution is 5.87. The van der Waals surface area contributed by atoms with Gasteiger partial charge in [0, 0.05) is 27.1 Å². The second kappa shape index (κ2) is 5.75. The monoisotopic (exact) mass is 301 g/mol. The lowest BCUT2D eigenvalue weighted by atomic mass is 10.1. The summed E-state index contributed by atoms with van der Waals surface area (Å²) in [5, 5.41) is 10.9. The molecule has 0 spiro atoms. The number of nitrogens with one attached hydrogen (secondary N) is 1. The maximum atomic E-state index is 12.3. The van der Waals surface area contributed by atoms with Crippen LogP contribution in [0.2, 0.25) is 0 Å². The second-order valence-electron chi connectivity index (χ2n) is 5.62. The van der Waals surface area contributed by atoms with E-state index in [1.54, 1.807) is 9.58 Å². The first-order valence-corrected chi connectivity index (χ1v) is 7.39. The highest BCUT2D eigenvalue weighted by Crippen LogP contribution is 2.18. The number of aromatic nitrogens is 3. The molecule has 1 aromatic carbocycles. The number of aryl methyl sites for hydroxylation is 1. The Hall–Kier alpha value is -2.44. The molecule has 7 heteroatoms. The van der Waals surface area contributed by atoms with Crippen molar-refractivity contribution >= 4 is 22.8 Å². The first kappa shape index (κ1) is 14.5. The van der Waals surface area contributed by atoms with E-state index in [1.165, 1.54) is 6.92 Å². The van der Waals surface area contributed by atoms with E-state index in [-0.39, 0.29) is 17.9 Å². The summed E-state index contributed by atoms with van der Waals surface area (Å²) in [6.07, 6.45) is 1.61. The Labute approximate surface area is 128 Å². The van der Waals surface area contributed by atoms with Crippen LogP contribution in [0, 0.1) is 0 Å². The average Bonchev–Trinajstić information content (AvgIpc) is 3.12. The summed E-state index contributed by atoms with van der Waals surface area (Å²) in [6.45, 7) is 2.60. The van der Waals surface area contributed by atoms with Crippen LogP contribution in [0.15, 0.2) is 18.2 Å². The van der Waals surface area contributed by atoms with Gasteiger partial charge in [-0.25, -0.2) is 4.68 Å². The van der Waals surface area contributed by atoms with E-state index in [9.17, 15) is 9.59 Å². The third-order valence-corrected chi connectivity index (χ3v) is 4.10. The van der Waals surface area contributed by atoms with Crippen molar-refractivity contribution in [2.45, 2.75) is 32.4 Å². The number of nitrogens with zero attached hydrogens (tertiary/aromatic N) is 4. The first-order chi connectivity index (χ1) is 10.6. The smallest absolute Gasteiger partial charge is 0.243 e. The van der Waals surface area contributed by atoms with Gasteiger partial charge in [0.15, 0.2) is 0 Å². The molecule has 22 heavy (non-hydrogen) atoms. The molecule has 1 aliphatic heterocycles. The predicted molar refractivity (Wildman–Crippen MR) is 80.8 cm³/mol. The van der Waals surface area contributed by atoms with Crippen LogP contribution in [0.5, 0.6) is 0 Å². The third kappa shape index (κ3) is 2.66. The molecule has 7 nitrogen and oxygen atoms in total. The second-order valence-corrected chi connectivity index (χ2v) is 5.62. The summed E-state index contributed by atoms with van der Waals surface area (Å²) in [7, 11) is 1.84. The van der Waals surface area contributed by atoms with Crippen LogP contribution in [0.4, 0.5) is 0 Å². The van der Waals surface area contributed by atoms with Crippen molar-refractivity contribution in [2.24, 2.45) is 7.05 Å². The zero-order chi connectivity index (χ0) is 15.7. The van der Waals surface area contributed by atoms with E-state index in [1.807, 2.05) is 25.2 Å². The van der Waals surface area contributed by atoms with Gasteiger partial charge in [0.2, 0.25) is 11.8 Å². The lowest BCUT2D eigenvalue weighted by molar-refractivity contribution is -0.136.